The first-order valence-electron chi connectivity index (χ1n) is 8.46. The van der Waals surface area contributed by atoms with E-state index < -0.39 is 36.0 Å². The lowest BCUT2D eigenvalue weighted by atomic mass is 9.77. The number of imide groups is 1. The fourth-order valence-corrected chi connectivity index (χ4v) is 3.16. The second-order valence-corrected chi connectivity index (χ2v) is 6.66. The molecule has 2 heterocycles. The molecule has 4 amide bonds. The molecule has 2 aliphatic rings. The number of urea groups is 1. The zero-order valence-electron chi connectivity index (χ0n) is 14.4. The Bertz CT molecular complexity index is 728. The highest BCUT2D eigenvalue weighted by Gasteiger charge is 2.52. The summed E-state index contributed by atoms with van der Waals surface area (Å²) in [5.41, 5.74) is 1.32. The van der Waals surface area contributed by atoms with Gasteiger partial charge in [-0.3, -0.25) is 15.0 Å². The van der Waals surface area contributed by atoms with Crippen LogP contribution in [0.25, 0.3) is 0 Å². The van der Waals surface area contributed by atoms with Gasteiger partial charge in [0.05, 0.1) is 0 Å². The number of nitrogens with zero attached hydrogens (tertiary/aromatic N) is 2. The molecule has 0 aromatic carbocycles. The summed E-state index contributed by atoms with van der Waals surface area (Å²) in [5.74, 6) is -1.52. The molecule has 1 aromatic rings. The Hall–Kier alpha value is -2.97. The Morgan fingerprint density at radius 1 is 1.35 bits per heavy atom. The molecule has 9 nitrogen and oxygen atoms in total. The summed E-state index contributed by atoms with van der Waals surface area (Å²) in [6, 6.07) is 4.03. The molecule has 2 N–H and O–H groups in total. The Labute approximate surface area is 150 Å². The van der Waals surface area contributed by atoms with Crippen LogP contribution in [0.4, 0.5) is 4.79 Å². The fourth-order valence-electron chi connectivity index (χ4n) is 3.16. The third-order valence-electron chi connectivity index (χ3n) is 4.73. The Morgan fingerprint density at radius 3 is 2.73 bits per heavy atom. The van der Waals surface area contributed by atoms with Crippen LogP contribution in [0.3, 0.4) is 0 Å². The predicted octanol–water partition coefficient (Wildman–Crippen LogP) is 0.770. The first kappa shape index (κ1) is 17.8. The van der Waals surface area contributed by atoms with E-state index in [9.17, 15) is 19.2 Å². The van der Waals surface area contributed by atoms with E-state index in [1.54, 1.807) is 12.1 Å². The summed E-state index contributed by atoms with van der Waals surface area (Å²) < 4.78 is 4.84. The number of hydrogen-bond acceptors (Lipinski definition) is 6. The van der Waals surface area contributed by atoms with Crippen molar-refractivity contribution >= 4 is 23.8 Å². The van der Waals surface area contributed by atoms with Crippen LogP contribution in [0.2, 0.25) is 0 Å². The molecule has 1 aromatic heterocycles. The molecule has 26 heavy (non-hydrogen) atoms. The number of carbonyl (C=O) groups is 4. The number of aromatic nitrogens is 1. The number of nitrogens with one attached hydrogen (secondary N) is 2. The second kappa shape index (κ2) is 7.11. The van der Waals surface area contributed by atoms with Crippen LogP contribution in [0.1, 0.15) is 43.1 Å². The van der Waals surface area contributed by atoms with Crippen molar-refractivity contribution in [2.75, 3.05) is 6.61 Å². The van der Waals surface area contributed by atoms with Crippen LogP contribution in [-0.4, -0.2) is 46.0 Å². The maximum absolute atomic E-state index is 12.6. The second-order valence-electron chi connectivity index (χ2n) is 6.66. The van der Waals surface area contributed by atoms with Crippen molar-refractivity contribution in [1.29, 1.82) is 0 Å². The Balaban J connectivity index is 1.55. The minimum absolute atomic E-state index is 0.0607. The smallest absolute Gasteiger partial charge is 0.357 e. The van der Waals surface area contributed by atoms with Crippen molar-refractivity contribution in [3.05, 3.63) is 30.1 Å². The molecule has 138 valence electrons. The summed E-state index contributed by atoms with van der Waals surface area (Å²) in [5, 5.41) is 3.36. The quantitative estimate of drug-likeness (QED) is 0.605. The van der Waals surface area contributed by atoms with Crippen LogP contribution in [0, 0.1) is 5.92 Å². The molecule has 0 unspecified atom stereocenters. The minimum atomic E-state index is -0.943. The monoisotopic (exact) mass is 360 g/mol. The topological polar surface area (TPSA) is 118 Å². The van der Waals surface area contributed by atoms with Crippen molar-refractivity contribution < 1.29 is 23.9 Å². The van der Waals surface area contributed by atoms with E-state index in [0.717, 1.165) is 12.8 Å². The highest BCUT2D eigenvalue weighted by molar-refractivity contribution is 6.08. The van der Waals surface area contributed by atoms with Crippen LogP contribution in [-0.2, 0) is 14.3 Å². The lowest BCUT2D eigenvalue weighted by Gasteiger charge is -2.33. The third-order valence-corrected chi connectivity index (χ3v) is 4.73. The third kappa shape index (κ3) is 3.51. The number of amides is 4. The number of hydrazine groups is 1. The maximum atomic E-state index is 12.6. The normalized spacial score (nSPS) is 25.1. The molecule has 1 saturated carbocycles. The van der Waals surface area contributed by atoms with Gasteiger partial charge in [-0.25, -0.2) is 14.6 Å². The molecule has 1 aliphatic carbocycles. The summed E-state index contributed by atoms with van der Waals surface area (Å²) in [6.45, 7) is 1.47. The highest BCUT2D eigenvalue weighted by Crippen LogP contribution is 2.35. The van der Waals surface area contributed by atoms with Gasteiger partial charge in [-0.2, -0.15) is 5.01 Å². The van der Waals surface area contributed by atoms with E-state index in [2.05, 4.69) is 22.7 Å². The molecule has 3 rings (SSSR count). The van der Waals surface area contributed by atoms with E-state index in [1.165, 1.54) is 12.3 Å². The van der Waals surface area contributed by atoms with E-state index >= 15 is 0 Å². The average molecular weight is 360 g/mol. The SMILES string of the molecule is CC1CCC2(CC1)NC(=O)N(NC(=O)COC(=O)c1ccccn1)C2=O. The van der Waals surface area contributed by atoms with Crippen LogP contribution >= 0.6 is 0 Å². The molecular weight excluding hydrogens is 340 g/mol. The standard InChI is InChI=1S/C17H20N4O5/c1-11-5-7-17(8-6-11)15(24)21(16(25)19-17)20-13(22)10-26-14(23)12-4-2-3-9-18-12/h2-4,9,11H,5-8,10H2,1H3,(H,19,25)(H,20,22). The van der Waals surface area contributed by atoms with E-state index in [1.807, 2.05) is 0 Å². The van der Waals surface area contributed by atoms with Gasteiger partial charge in [-0.15, -0.1) is 0 Å². The van der Waals surface area contributed by atoms with Crippen molar-refractivity contribution in [2.45, 2.75) is 38.1 Å². The molecule has 1 saturated heterocycles. The first-order valence-corrected chi connectivity index (χ1v) is 8.46. The average Bonchev–Trinajstić information content (AvgIpc) is 2.87. The van der Waals surface area contributed by atoms with Gasteiger partial charge in [0, 0.05) is 6.20 Å². The number of pyridine rings is 1. The van der Waals surface area contributed by atoms with Crippen molar-refractivity contribution in [3.63, 3.8) is 0 Å². The zero-order chi connectivity index (χ0) is 18.7. The maximum Gasteiger partial charge on any atom is 0.357 e. The van der Waals surface area contributed by atoms with E-state index in [0.29, 0.717) is 23.8 Å². The molecule has 1 aliphatic heterocycles. The molecule has 0 bridgehead atoms. The Kier molecular flexibility index (Phi) is 4.88. The largest absolute Gasteiger partial charge is 0.451 e. The highest BCUT2D eigenvalue weighted by atomic mass is 16.5. The van der Waals surface area contributed by atoms with Gasteiger partial charge in [0.1, 0.15) is 11.2 Å². The summed E-state index contributed by atoms with van der Waals surface area (Å²) in [6.07, 6.45) is 4.17. The fraction of sp³-hybridized carbons (Fsp3) is 0.471. The van der Waals surface area contributed by atoms with Gasteiger partial charge < -0.3 is 10.1 Å². The number of carbonyl (C=O) groups excluding carboxylic acids is 4. The summed E-state index contributed by atoms with van der Waals surface area (Å²) in [4.78, 5) is 52.2. The lowest BCUT2D eigenvalue weighted by molar-refractivity contribution is -0.141. The minimum Gasteiger partial charge on any atom is -0.451 e. The van der Waals surface area contributed by atoms with Crippen molar-refractivity contribution in [1.82, 2.24) is 20.7 Å². The van der Waals surface area contributed by atoms with Crippen LogP contribution in [0.5, 0.6) is 0 Å². The lowest BCUT2D eigenvalue weighted by Crippen LogP contribution is -2.52. The first-order chi connectivity index (χ1) is 12.4. The molecule has 0 radical (unpaired) electrons. The van der Waals surface area contributed by atoms with Crippen molar-refractivity contribution in [3.8, 4) is 0 Å². The van der Waals surface area contributed by atoms with E-state index in [4.69, 9.17) is 4.74 Å². The molecular formula is C17H20N4O5. The Morgan fingerprint density at radius 2 is 2.08 bits per heavy atom. The van der Waals surface area contributed by atoms with Gasteiger partial charge >= 0.3 is 12.0 Å². The van der Waals surface area contributed by atoms with E-state index in [-0.39, 0.29) is 5.69 Å². The number of ether oxygens (including phenoxy) is 1. The molecule has 1 spiro atoms. The van der Waals surface area contributed by atoms with Gasteiger partial charge in [0.25, 0.3) is 11.8 Å². The van der Waals surface area contributed by atoms with Crippen molar-refractivity contribution in [2.24, 2.45) is 5.92 Å². The molecule has 2 fully saturated rings. The van der Waals surface area contributed by atoms with Gasteiger partial charge in [-0.1, -0.05) is 13.0 Å². The van der Waals surface area contributed by atoms with Gasteiger partial charge in [-0.05, 0) is 43.7 Å². The molecule has 0 atom stereocenters. The molecule has 9 heteroatoms. The van der Waals surface area contributed by atoms with Gasteiger partial charge in [0.15, 0.2) is 6.61 Å². The number of esters is 1. The predicted molar refractivity (Wildman–Crippen MR) is 88.4 cm³/mol. The van der Waals surface area contributed by atoms with Crippen LogP contribution < -0.4 is 10.7 Å². The van der Waals surface area contributed by atoms with Crippen LogP contribution in [0.15, 0.2) is 24.4 Å². The summed E-state index contributed by atoms with van der Waals surface area (Å²) >= 11 is 0. The van der Waals surface area contributed by atoms with Gasteiger partial charge in [0.2, 0.25) is 0 Å². The zero-order valence-corrected chi connectivity index (χ0v) is 14.4. The number of rotatable bonds is 4. The summed E-state index contributed by atoms with van der Waals surface area (Å²) in [7, 11) is 0. The number of hydrogen-bond donors (Lipinski definition) is 2.